The van der Waals surface area contributed by atoms with Crippen molar-refractivity contribution in [1.82, 2.24) is 10.2 Å². The Morgan fingerprint density at radius 2 is 2.04 bits per heavy atom. The lowest BCUT2D eigenvalue weighted by atomic mass is 10.2. The fourth-order valence-corrected chi connectivity index (χ4v) is 3.24. The molecule has 2 aromatic heterocycles. The highest BCUT2D eigenvalue weighted by atomic mass is 32.2. The molecule has 0 aliphatic carbocycles. The van der Waals surface area contributed by atoms with E-state index in [9.17, 15) is 0 Å². The first-order valence-corrected chi connectivity index (χ1v) is 8.49. The van der Waals surface area contributed by atoms with Crippen LogP contribution in [0.3, 0.4) is 0 Å². The van der Waals surface area contributed by atoms with Crippen LogP contribution in [-0.2, 0) is 0 Å². The van der Waals surface area contributed by atoms with Gasteiger partial charge < -0.3 is 4.42 Å². The Morgan fingerprint density at radius 1 is 1.21 bits per heavy atom. The van der Waals surface area contributed by atoms with Crippen molar-refractivity contribution in [2.75, 3.05) is 0 Å². The summed E-state index contributed by atoms with van der Waals surface area (Å²) in [7, 11) is 0. The largest absolute Gasteiger partial charge is 0.465 e. The minimum absolute atomic E-state index is 0.825. The van der Waals surface area contributed by atoms with Crippen LogP contribution in [0.5, 0.6) is 0 Å². The zero-order valence-electron chi connectivity index (χ0n) is 13.9. The van der Waals surface area contributed by atoms with E-state index in [1.807, 2.05) is 63.4 Å². The van der Waals surface area contributed by atoms with E-state index in [2.05, 4.69) is 21.3 Å². The summed E-state index contributed by atoms with van der Waals surface area (Å²) in [5.74, 6) is 0.825. The summed E-state index contributed by atoms with van der Waals surface area (Å²) in [5, 5.41) is 7.28. The number of aromatic nitrogens is 2. The van der Waals surface area contributed by atoms with Crippen LogP contribution in [0.1, 0.15) is 24.1 Å². The summed E-state index contributed by atoms with van der Waals surface area (Å²) >= 11 is 1.69. The summed E-state index contributed by atoms with van der Waals surface area (Å²) in [6.07, 6.45) is 5.48. The molecule has 0 aliphatic rings. The van der Waals surface area contributed by atoms with Crippen molar-refractivity contribution in [3.63, 3.8) is 0 Å². The molecule has 1 N–H and O–H groups in total. The number of aryl methyl sites for hydroxylation is 2. The molecule has 0 radical (unpaired) electrons. The second kappa shape index (κ2) is 7.36. The zero-order valence-corrected chi connectivity index (χ0v) is 14.7. The van der Waals surface area contributed by atoms with E-state index in [0.717, 1.165) is 38.2 Å². The first-order valence-electron chi connectivity index (χ1n) is 7.68. The molecule has 1 aromatic carbocycles. The van der Waals surface area contributed by atoms with Gasteiger partial charge in [0.25, 0.3) is 0 Å². The lowest BCUT2D eigenvalue weighted by Gasteiger charge is -2.05. The number of allylic oxidation sites excluding steroid dienone is 1. The highest BCUT2D eigenvalue weighted by Gasteiger charge is 2.10. The van der Waals surface area contributed by atoms with Crippen molar-refractivity contribution in [1.29, 1.82) is 0 Å². The van der Waals surface area contributed by atoms with Crippen molar-refractivity contribution in [3.05, 3.63) is 65.4 Å². The lowest BCUT2D eigenvalue weighted by molar-refractivity contribution is 0.557. The van der Waals surface area contributed by atoms with Crippen molar-refractivity contribution in [2.45, 2.75) is 30.6 Å². The summed E-state index contributed by atoms with van der Waals surface area (Å²) in [6.45, 7) is 6.05. The number of aromatic amines is 1. The fourth-order valence-electron chi connectivity index (χ4n) is 2.26. The van der Waals surface area contributed by atoms with E-state index < -0.39 is 0 Å². The number of rotatable bonds is 5. The molecule has 24 heavy (non-hydrogen) atoms. The molecule has 0 saturated carbocycles. The molecule has 3 rings (SSSR count). The SMILES string of the molecule is C/C(C=Nc1ccccc1Sc1c(C)n[nH]c1C)=C/c1ccco1. The molecule has 2 heterocycles. The van der Waals surface area contributed by atoms with Gasteiger partial charge in [-0.05, 0) is 56.7 Å². The Kier molecular flexibility index (Phi) is 5.01. The summed E-state index contributed by atoms with van der Waals surface area (Å²) in [5.41, 5.74) is 4.05. The van der Waals surface area contributed by atoms with Crippen LogP contribution in [0.25, 0.3) is 6.08 Å². The lowest BCUT2D eigenvalue weighted by Crippen LogP contribution is -1.81. The van der Waals surface area contributed by atoms with Crippen LogP contribution in [0.15, 0.2) is 67.4 Å². The maximum absolute atomic E-state index is 5.32. The third-order valence-corrected chi connectivity index (χ3v) is 4.83. The second-order valence-electron chi connectivity index (χ2n) is 5.49. The zero-order chi connectivity index (χ0) is 16.9. The maximum Gasteiger partial charge on any atom is 0.126 e. The number of H-pyrrole nitrogens is 1. The molecule has 0 spiro atoms. The number of hydrogen-bond donors (Lipinski definition) is 1. The molecular weight excluding hydrogens is 318 g/mol. The minimum Gasteiger partial charge on any atom is -0.465 e. The molecule has 0 unspecified atom stereocenters. The van der Waals surface area contributed by atoms with Crippen LogP contribution in [-0.4, -0.2) is 16.4 Å². The number of aliphatic imine (C=N–C) groups is 1. The molecule has 0 saturated heterocycles. The Balaban J connectivity index is 1.83. The van der Waals surface area contributed by atoms with Crippen molar-refractivity contribution >= 4 is 29.7 Å². The van der Waals surface area contributed by atoms with Crippen molar-refractivity contribution in [3.8, 4) is 0 Å². The summed E-state index contributed by atoms with van der Waals surface area (Å²) < 4.78 is 5.32. The van der Waals surface area contributed by atoms with Gasteiger partial charge in [-0.2, -0.15) is 5.10 Å². The Labute approximate surface area is 145 Å². The minimum atomic E-state index is 0.825. The number of hydrogen-bond acceptors (Lipinski definition) is 4. The third kappa shape index (κ3) is 3.86. The number of furan rings is 1. The van der Waals surface area contributed by atoms with E-state index in [1.165, 1.54) is 0 Å². The standard InChI is InChI=1S/C19H19N3OS/c1-13(11-16-7-6-10-23-16)12-20-17-8-4-5-9-18(17)24-19-14(2)21-22-15(19)3/h4-12H,1-3H3,(H,21,22)/b13-11-,20-12?. The van der Waals surface area contributed by atoms with E-state index >= 15 is 0 Å². The average molecular weight is 337 g/mol. The van der Waals surface area contributed by atoms with Gasteiger partial charge in [-0.25, -0.2) is 0 Å². The summed E-state index contributed by atoms with van der Waals surface area (Å²) in [4.78, 5) is 6.90. The van der Waals surface area contributed by atoms with Crippen LogP contribution in [0, 0.1) is 13.8 Å². The monoisotopic (exact) mass is 337 g/mol. The molecule has 0 bridgehead atoms. The summed E-state index contributed by atoms with van der Waals surface area (Å²) in [6, 6.07) is 11.9. The number of benzene rings is 1. The van der Waals surface area contributed by atoms with Gasteiger partial charge in [0.1, 0.15) is 5.76 Å². The quantitative estimate of drug-likeness (QED) is 0.619. The topological polar surface area (TPSA) is 54.2 Å². The average Bonchev–Trinajstić information content (AvgIpc) is 3.19. The molecule has 0 aliphatic heterocycles. The molecule has 5 heteroatoms. The number of nitrogens with one attached hydrogen (secondary N) is 1. The number of nitrogens with zero attached hydrogens (tertiary/aromatic N) is 2. The highest BCUT2D eigenvalue weighted by molar-refractivity contribution is 7.99. The van der Waals surface area contributed by atoms with Gasteiger partial charge in [-0.1, -0.05) is 23.9 Å². The van der Waals surface area contributed by atoms with Crippen LogP contribution < -0.4 is 0 Å². The van der Waals surface area contributed by atoms with Gasteiger partial charge in [0.05, 0.1) is 22.5 Å². The van der Waals surface area contributed by atoms with E-state index in [0.29, 0.717) is 0 Å². The molecular formula is C19H19N3OS. The molecule has 4 nitrogen and oxygen atoms in total. The molecule has 0 amide bonds. The van der Waals surface area contributed by atoms with E-state index in [1.54, 1.807) is 18.0 Å². The molecule has 0 fully saturated rings. The van der Waals surface area contributed by atoms with Crippen LogP contribution in [0.2, 0.25) is 0 Å². The maximum atomic E-state index is 5.32. The Bertz CT molecular complexity index is 856. The highest BCUT2D eigenvalue weighted by Crippen LogP contribution is 2.37. The van der Waals surface area contributed by atoms with Gasteiger partial charge in [0.2, 0.25) is 0 Å². The van der Waals surface area contributed by atoms with Crippen LogP contribution >= 0.6 is 11.8 Å². The van der Waals surface area contributed by atoms with Gasteiger partial charge in [0, 0.05) is 16.8 Å². The first-order chi connectivity index (χ1) is 11.6. The smallest absolute Gasteiger partial charge is 0.126 e. The van der Waals surface area contributed by atoms with Crippen molar-refractivity contribution < 1.29 is 4.42 Å². The van der Waals surface area contributed by atoms with Gasteiger partial charge in [-0.3, -0.25) is 10.1 Å². The van der Waals surface area contributed by atoms with Crippen molar-refractivity contribution in [2.24, 2.45) is 4.99 Å². The second-order valence-corrected chi connectivity index (χ2v) is 6.55. The Morgan fingerprint density at radius 3 is 2.75 bits per heavy atom. The van der Waals surface area contributed by atoms with E-state index in [4.69, 9.17) is 4.42 Å². The normalized spacial score (nSPS) is 12.2. The predicted molar refractivity (Wildman–Crippen MR) is 99.1 cm³/mol. The molecule has 0 atom stereocenters. The van der Waals surface area contributed by atoms with Gasteiger partial charge in [0.15, 0.2) is 0 Å². The van der Waals surface area contributed by atoms with E-state index in [-0.39, 0.29) is 0 Å². The predicted octanol–water partition coefficient (Wildman–Crippen LogP) is 5.58. The molecule has 122 valence electrons. The van der Waals surface area contributed by atoms with Gasteiger partial charge in [-0.15, -0.1) is 0 Å². The number of para-hydroxylation sites is 1. The van der Waals surface area contributed by atoms with Crippen LogP contribution in [0.4, 0.5) is 5.69 Å². The van der Waals surface area contributed by atoms with Gasteiger partial charge >= 0.3 is 0 Å². The third-order valence-electron chi connectivity index (χ3n) is 3.46. The Hall–Kier alpha value is -2.53. The molecule has 3 aromatic rings. The fraction of sp³-hybridized carbons (Fsp3) is 0.158. The first kappa shape index (κ1) is 16.3.